The lowest BCUT2D eigenvalue weighted by atomic mass is 10.0. The normalized spacial score (nSPS) is 14.6. The highest BCUT2D eigenvalue weighted by Crippen LogP contribution is 2.08. The summed E-state index contributed by atoms with van der Waals surface area (Å²) in [4.78, 5) is 0. The third kappa shape index (κ3) is 4.88. The molecular weight excluding hydrogens is 210 g/mol. The van der Waals surface area contributed by atoms with E-state index in [4.69, 9.17) is 5.11 Å². The van der Waals surface area contributed by atoms with Crippen LogP contribution in [0.15, 0.2) is 24.3 Å². The van der Waals surface area contributed by atoms with E-state index in [1.165, 1.54) is 12.0 Å². The Kier molecular flexibility index (Phi) is 6.23. The van der Waals surface area contributed by atoms with E-state index in [2.05, 4.69) is 38.2 Å². The molecule has 0 saturated carbocycles. The summed E-state index contributed by atoms with van der Waals surface area (Å²) < 4.78 is 0. The molecule has 1 rings (SSSR count). The van der Waals surface area contributed by atoms with Gasteiger partial charge in [0.2, 0.25) is 0 Å². The SMILES string of the molecule is CCC(C)C(C)NCCc1ccc(CO)cc1. The van der Waals surface area contributed by atoms with Crippen molar-refractivity contribution < 1.29 is 5.11 Å². The molecule has 2 N–H and O–H groups in total. The van der Waals surface area contributed by atoms with Crippen molar-refractivity contribution in [3.05, 3.63) is 35.4 Å². The van der Waals surface area contributed by atoms with Crippen LogP contribution in [0.3, 0.4) is 0 Å². The third-order valence-electron chi connectivity index (χ3n) is 3.58. The zero-order valence-electron chi connectivity index (χ0n) is 11.2. The molecule has 0 aromatic heterocycles. The predicted octanol–water partition coefficient (Wildman–Crippen LogP) is 2.75. The van der Waals surface area contributed by atoms with Crippen molar-refractivity contribution in [3.8, 4) is 0 Å². The van der Waals surface area contributed by atoms with Gasteiger partial charge in [0, 0.05) is 6.04 Å². The van der Waals surface area contributed by atoms with Crippen LogP contribution in [0.5, 0.6) is 0 Å². The quantitative estimate of drug-likeness (QED) is 0.761. The van der Waals surface area contributed by atoms with Gasteiger partial charge in [-0.25, -0.2) is 0 Å². The van der Waals surface area contributed by atoms with E-state index in [-0.39, 0.29) is 6.61 Å². The molecular formula is C15H25NO. The van der Waals surface area contributed by atoms with E-state index in [1.807, 2.05) is 12.1 Å². The van der Waals surface area contributed by atoms with Crippen LogP contribution in [0.25, 0.3) is 0 Å². The summed E-state index contributed by atoms with van der Waals surface area (Å²) in [6.45, 7) is 7.92. The van der Waals surface area contributed by atoms with Gasteiger partial charge in [-0.1, -0.05) is 44.5 Å². The highest BCUT2D eigenvalue weighted by Gasteiger charge is 2.08. The van der Waals surface area contributed by atoms with Crippen LogP contribution in [0.4, 0.5) is 0 Å². The summed E-state index contributed by atoms with van der Waals surface area (Å²) >= 11 is 0. The molecule has 2 nitrogen and oxygen atoms in total. The van der Waals surface area contributed by atoms with Gasteiger partial charge in [0.25, 0.3) is 0 Å². The van der Waals surface area contributed by atoms with Crippen LogP contribution >= 0.6 is 0 Å². The lowest BCUT2D eigenvalue weighted by Gasteiger charge is -2.19. The van der Waals surface area contributed by atoms with Crippen molar-refractivity contribution in [1.29, 1.82) is 0 Å². The van der Waals surface area contributed by atoms with E-state index < -0.39 is 0 Å². The minimum atomic E-state index is 0.129. The maximum absolute atomic E-state index is 8.95. The average molecular weight is 235 g/mol. The van der Waals surface area contributed by atoms with Crippen LogP contribution in [-0.2, 0) is 13.0 Å². The van der Waals surface area contributed by atoms with E-state index in [0.29, 0.717) is 6.04 Å². The van der Waals surface area contributed by atoms with E-state index in [9.17, 15) is 0 Å². The van der Waals surface area contributed by atoms with Crippen LogP contribution in [0, 0.1) is 5.92 Å². The monoisotopic (exact) mass is 235 g/mol. The summed E-state index contributed by atoms with van der Waals surface area (Å²) in [7, 11) is 0. The number of benzene rings is 1. The van der Waals surface area contributed by atoms with Crippen LogP contribution in [0.2, 0.25) is 0 Å². The Morgan fingerprint density at radius 1 is 1.12 bits per heavy atom. The topological polar surface area (TPSA) is 32.3 Å². The minimum absolute atomic E-state index is 0.129. The highest BCUT2D eigenvalue weighted by molar-refractivity contribution is 5.22. The van der Waals surface area contributed by atoms with Gasteiger partial charge in [-0.3, -0.25) is 0 Å². The van der Waals surface area contributed by atoms with E-state index in [0.717, 1.165) is 24.4 Å². The molecule has 2 atom stereocenters. The second-order valence-corrected chi connectivity index (χ2v) is 4.85. The minimum Gasteiger partial charge on any atom is -0.392 e. The summed E-state index contributed by atoms with van der Waals surface area (Å²) in [6.07, 6.45) is 2.27. The van der Waals surface area contributed by atoms with E-state index >= 15 is 0 Å². The van der Waals surface area contributed by atoms with Gasteiger partial charge in [-0.15, -0.1) is 0 Å². The lowest BCUT2D eigenvalue weighted by Crippen LogP contribution is -2.33. The number of nitrogens with one attached hydrogen (secondary N) is 1. The molecule has 0 heterocycles. The Morgan fingerprint density at radius 2 is 1.71 bits per heavy atom. The fourth-order valence-corrected chi connectivity index (χ4v) is 1.81. The molecule has 2 heteroatoms. The molecule has 0 amide bonds. The lowest BCUT2D eigenvalue weighted by molar-refractivity contribution is 0.282. The first-order valence-corrected chi connectivity index (χ1v) is 6.59. The fraction of sp³-hybridized carbons (Fsp3) is 0.600. The third-order valence-corrected chi connectivity index (χ3v) is 3.58. The molecule has 0 spiro atoms. The molecule has 0 bridgehead atoms. The van der Waals surface area contributed by atoms with Gasteiger partial charge < -0.3 is 10.4 Å². The number of rotatable bonds is 7. The molecule has 0 aliphatic rings. The van der Waals surface area contributed by atoms with Gasteiger partial charge in [0.15, 0.2) is 0 Å². The molecule has 0 aliphatic carbocycles. The Balaban J connectivity index is 2.30. The highest BCUT2D eigenvalue weighted by atomic mass is 16.3. The summed E-state index contributed by atoms with van der Waals surface area (Å²) in [5.74, 6) is 0.728. The van der Waals surface area contributed by atoms with Crippen LogP contribution < -0.4 is 5.32 Å². The molecule has 0 fully saturated rings. The first-order valence-electron chi connectivity index (χ1n) is 6.59. The van der Waals surface area contributed by atoms with Gasteiger partial charge in [0.05, 0.1) is 6.61 Å². The fourth-order valence-electron chi connectivity index (χ4n) is 1.81. The van der Waals surface area contributed by atoms with Crippen molar-refractivity contribution in [2.75, 3.05) is 6.54 Å². The zero-order chi connectivity index (χ0) is 12.7. The smallest absolute Gasteiger partial charge is 0.0681 e. The second kappa shape index (κ2) is 7.46. The Hall–Kier alpha value is -0.860. The molecule has 0 saturated heterocycles. The van der Waals surface area contributed by atoms with Crippen molar-refractivity contribution >= 4 is 0 Å². The van der Waals surface area contributed by atoms with Crippen molar-refractivity contribution in [1.82, 2.24) is 5.32 Å². The standard InChI is InChI=1S/C15H25NO/c1-4-12(2)13(3)16-10-9-14-5-7-15(11-17)8-6-14/h5-8,12-13,16-17H,4,9-11H2,1-3H3. The van der Waals surface area contributed by atoms with Gasteiger partial charge in [0.1, 0.15) is 0 Å². The molecule has 0 aliphatic heterocycles. The van der Waals surface area contributed by atoms with Crippen LogP contribution in [0.1, 0.15) is 38.3 Å². The maximum atomic E-state index is 8.95. The average Bonchev–Trinajstić information content (AvgIpc) is 2.38. The van der Waals surface area contributed by atoms with Crippen molar-refractivity contribution in [3.63, 3.8) is 0 Å². The maximum Gasteiger partial charge on any atom is 0.0681 e. The first kappa shape index (κ1) is 14.2. The van der Waals surface area contributed by atoms with Gasteiger partial charge in [-0.2, -0.15) is 0 Å². The second-order valence-electron chi connectivity index (χ2n) is 4.85. The molecule has 1 aromatic rings. The largest absolute Gasteiger partial charge is 0.392 e. The molecule has 17 heavy (non-hydrogen) atoms. The molecule has 1 aromatic carbocycles. The number of aliphatic hydroxyl groups is 1. The Morgan fingerprint density at radius 3 is 2.24 bits per heavy atom. The molecule has 0 radical (unpaired) electrons. The summed E-state index contributed by atoms with van der Waals surface area (Å²) in [6, 6.07) is 8.76. The van der Waals surface area contributed by atoms with E-state index in [1.54, 1.807) is 0 Å². The number of hydrogen-bond acceptors (Lipinski definition) is 2. The van der Waals surface area contributed by atoms with Gasteiger partial charge in [-0.05, 0) is 36.9 Å². The van der Waals surface area contributed by atoms with Crippen LogP contribution in [-0.4, -0.2) is 17.7 Å². The summed E-state index contributed by atoms with van der Waals surface area (Å²) in [5.41, 5.74) is 2.31. The Bertz CT molecular complexity index is 307. The number of aliphatic hydroxyl groups excluding tert-OH is 1. The molecule has 96 valence electrons. The number of hydrogen-bond donors (Lipinski definition) is 2. The van der Waals surface area contributed by atoms with Crippen molar-refractivity contribution in [2.24, 2.45) is 5.92 Å². The zero-order valence-corrected chi connectivity index (χ0v) is 11.2. The summed E-state index contributed by atoms with van der Waals surface area (Å²) in [5, 5.41) is 12.5. The molecule has 2 unspecified atom stereocenters. The van der Waals surface area contributed by atoms with Crippen molar-refractivity contribution in [2.45, 2.75) is 46.3 Å². The first-order chi connectivity index (χ1) is 8.17. The Labute approximate surface area is 105 Å². The predicted molar refractivity (Wildman–Crippen MR) is 73.0 cm³/mol. The van der Waals surface area contributed by atoms with Gasteiger partial charge >= 0.3 is 0 Å².